The van der Waals surface area contributed by atoms with Gasteiger partial charge in [0.05, 0.1) is 18.2 Å². The van der Waals surface area contributed by atoms with Crippen LogP contribution in [0.2, 0.25) is 0 Å². The van der Waals surface area contributed by atoms with Gasteiger partial charge in [-0.05, 0) is 36.8 Å². The zero-order chi connectivity index (χ0) is 18.4. The second-order valence-corrected chi connectivity index (χ2v) is 5.75. The SMILES string of the molecule is C[C@H](Oc1ccc(C#N)cc1)C(=O)Nc1nccn1Cc1ccccc1. The largest absolute Gasteiger partial charge is 0.481 e. The highest BCUT2D eigenvalue weighted by Crippen LogP contribution is 2.15. The van der Waals surface area contributed by atoms with E-state index in [4.69, 9.17) is 10.00 Å². The Morgan fingerprint density at radius 1 is 1.23 bits per heavy atom. The molecule has 3 aromatic rings. The number of carbonyl (C=O) groups is 1. The summed E-state index contributed by atoms with van der Waals surface area (Å²) in [4.78, 5) is 16.6. The summed E-state index contributed by atoms with van der Waals surface area (Å²) in [6.07, 6.45) is 2.75. The van der Waals surface area contributed by atoms with Gasteiger partial charge in [0.2, 0.25) is 5.95 Å². The molecule has 0 saturated carbocycles. The first-order valence-corrected chi connectivity index (χ1v) is 8.18. The van der Waals surface area contributed by atoms with Crippen LogP contribution < -0.4 is 10.1 Å². The predicted molar refractivity (Wildman–Crippen MR) is 97.6 cm³/mol. The van der Waals surface area contributed by atoms with Crippen LogP contribution in [0.1, 0.15) is 18.1 Å². The van der Waals surface area contributed by atoms with E-state index in [-0.39, 0.29) is 5.91 Å². The molecule has 0 aliphatic rings. The van der Waals surface area contributed by atoms with Crippen molar-refractivity contribution in [1.82, 2.24) is 9.55 Å². The van der Waals surface area contributed by atoms with E-state index in [1.54, 1.807) is 37.4 Å². The number of ether oxygens (including phenoxy) is 1. The van der Waals surface area contributed by atoms with Crippen molar-refractivity contribution in [1.29, 1.82) is 5.26 Å². The number of nitrogens with one attached hydrogen (secondary N) is 1. The van der Waals surface area contributed by atoms with Gasteiger partial charge in [-0.15, -0.1) is 0 Å². The summed E-state index contributed by atoms with van der Waals surface area (Å²) in [7, 11) is 0. The molecule has 0 unspecified atom stereocenters. The first-order chi connectivity index (χ1) is 12.7. The van der Waals surface area contributed by atoms with Crippen molar-refractivity contribution in [2.75, 3.05) is 5.32 Å². The maximum absolute atomic E-state index is 12.4. The third-order valence-corrected chi connectivity index (χ3v) is 3.81. The topological polar surface area (TPSA) is 79.9 Å². The number of hydrogen-bond donors (Lipinski definition) is 1. The van der Waals surface area contributed by atoms with E-state index in [1.807, 2.05) is 47.2 Å². The molecule has 0 bridgehead atoms. The van der Waals surface area contributed by atoms with E-state index in [9.17, 15) is 4.79 Å². The summed E-state index contributed by atoms with van der Waals surface area (Å²) >= 11 is 0. The predicted octanol–water partition coefficient (Wildman–Crippen LogP) is 3.21. The molecule has 1 amide bonds. The van der Waals surface area contributed by atoms with E-state index in [0.717, 1.165) is 5.56 Å². The van der Waals surface area contributed by atoms with Gasteiger partial charge in [0, 0.05) is 12.4 Å². The Morgan fingerprint density at radius 2 is 1.96 bits per heavy atom. The number of aromatic nitrogens is 2. The number of carbonyl (C=O) groups excluding carboxylic acids is 1. The van der Waals surface area contributed by atoms with Crippen molar-refractivity contribution >= 4 is 11.9 Å². The Bertz CT molecular complexity index is 911. The highest BCUT2D eigenvalue weighted by atomic mass is 16.5. The molecule has 6 nitrogen and oxygen atoms in total. The molecule has 2 aromatic carbocycles. The molecule has 1 N–H and O–H groups in total. The van der Waals surface area contributed by atoms with E-state index < -0.39 is 6.10 Å². The maximum Gasteiger partial charge on any atom is 0.267 e. The van der Waals surface area contributed by atoms with Crippen molar-refractivity contribution in [3.8, 4) is 11.8 Å². The molecular weight excluding hydrogens is 328 g/mol. The smallest absolute Gasteiger partial charge is 0.267 e. The van der Waals surface area contributed by atoms with E-state index in [2.05, 4.69) is 10.3 Å². The summed E-state index contributed by atoms with van der Waals surface area (Å²) in [5.74, 6) is 0.697. The molecule has 26 heavy (non-hydrogen) atoms. The average molecular weight is 346 g/mol. The van der Waals surface area contributed by atoms with Crippen LogP contribution in [0.4, 0.5) is 5.95 Å². The molecule has 1 aromatic heterocycles. The highest BCUT2D eigenvalue weighted by molar-refractivity contribution is 5.92. The lowest BCUT2D eigenvalue weighted by Gasteiger charge is -2.15. The number of nitrogens with zero attached hydrogens (tertiary/aromatic N) is 3. The van der Waals surface area contributed by atoms with Gasteiger partial charge in [0.1, 0.15) is 5.75 Å². The minimum absolute atomic E-state index is 0.296. The zero-order valence-electron chi connectivity index (χ0n) is 14.3. The van der Waals surface area contributed by atoms with Gasteiger partial charge in [-0.1, -0.05) is 30.3 Å². The lowest BCUT2D eigenvalue weighted by molar-refractivity contribution is -0.122. The minimum Gasteiger partial charge on any atom is -0.481 e. The summed E-state index contributed by atoms with van der Waals surface area (Å²) in [6.45, 7) is 2.28. The third-order valence-electron chi connectivity index (χ3n) is 3.81. The molecule has 6 heteroatoms. The van der Waals surface area contributed by atoms with Gasteiger partial charge in [-0.3, -0.25) is 10.1 Å². The van der Waals surface area contributed by atoms with Gasteiger partial charge < -0.3 is 9.30 Å². The molecule has 3 rings (SSSR count). The molecule has 0 radical (unpaired) electrons. The number of benzene rings is 2. The van der Waals surface area contributed by atoms with Crippen LogP contribution in [0.15, 0.2) is 67.0 Å². The van der Waals surface area contributed by atoms with Crippen molar-refractivity contribution in [3.05, 3.63) is 78.1 Å². The van der Waals surface area contributed by atoms with E-state index in [0.29, 0.717) is 23.8 Å². The van der Waals surface area contributed by atoms with Gasteiger partial charge in [0.25, 0.3) is 5.91 Å². The Kier molecular flexibility index (Phi) is 5.30. The van der Waals surface area contributed by atoms with Crippen LogP contribution in [-0.2, 0) is 11.3 Å². The normalized spacial score (nSPS) is 11.4. The fourth-order valence-corrected chi connectivity index (χ4v) is 2.42. The number of amides is 1. The fourth-order valence-electron chi connectivity index (χ4n) is 2.42. The summed E-state index contributed by atoms with van der Waals surface area (Å²) < 4.78 is 7.49. The number of imidazole rings is 1. The maximum atomic E-state index is 12.4. The van der Waals surface area contributed by atoms with E-state index >= 15 is 0 Å². The van der Waals surface area contributed by atoms with Crippen molar-refractivity contribution in [3.63, 3.8) is 0 Å². The second kappa shape index (κ2) is 7.99. The summed E-state index contributed by atoms with van der Waals surface area (Å²) in [5, 5.41) is 11.6. The van der Waals surface area contributed by atoms with Crippen molar-refractivity contribution < 1.29 is 9.53 Å². The Morgan fingerprint density at radius 3 is 2.65 bits per heavy atom. The van der Waals surface area contributed by atoms with Gasteiger partial charge in [-0.2, -0.15) is 5.26 Å². The van der Waals surface area contributed by atoms with Crippen LogP contribution in [0.25, 0.3) is 0 Å². The third kappa shape index (κ3) is 4.28. The molecule has 130 valence electrons. The van der Waals surface area contributed by atoms with Crippen LogP contribution in [-0.4, -0.2) is 21.6 Å². The lowest BCUT2D eigenvalue weighted by atomic mass is 10.2. The Balaban J connectivity index is 1.62. The second-order valence-electron chi connectivity index (χ2n) is 5.75. The van der Waals surface area contributed by atoms with Crippen LogP contribution in [0.5, 0.6) is 5.75 Å². The Hall–Kier alpha value is -3.59. The number of rotatable bonds is 6. The molecule has 1 heterocycles. The van der Waals surface area contributed by atoms with Crippen LogP contribution >= 0.6 is 0 Å². The number of hydrogen-bond acceptors (Lipinski definition) is 4. The first kappa shape index (κ1) is 17.2. The average Bonchev–Trinajstić information content (AvgIpc) is 3.09. The molecule has 0 saturated heterocycles. The number of nitriles is 1. The molecule has 0 aliphatic carbocycles. The van der Waals surface area contributed by atoms with Crippen LogP contribution in [0, 0.1) is 11.3 Å². The van der Waals surface area contributed by atoms with Gasteiger partial charge >= 0.3 is 0 Å². The molecule has 0 aliphatic heterocycles. The quantitative estimate of drug-likeness (QED) is 0.743. The van der Waals surface area contributed by atoms with Gasteiger partial charge in [-0.25, -0.2) is 4.98 Å². The van der Waals surface area contributed by atoms with E-state index in [1.165, 1.54) is 0 Å². The molecular formula is C20H18N4O2. The fraction of sp³-hybridized carbons (Fsp3) is 0.150. The monoisotopic (exact) mass is 346 g/mol. The van der Waals surface area contributed by atoms with Gasteiger partial charge in [0.15, 0.2) is 6.10 Å². The molecule has 0 fully saturated rings. The summed E-state index contributed by atoms with van der Waals surface area (Å²) in [5.41, 5.74) is 1.65. The highest BCUT2D eigenvalue weighted by Gasteiger charge is 2.17. The van der Waals surface area contributed by atoms with Crippen molar-refractivity contribution in [2.24, 2.45) is 0 Å². The molecule has 1 atom stereocenters. The zero-order valence-corrected chi connectivity index (χ0v) is 14.3. The molecule has 0 spiro atoms. The lowest BCUT2D eigenvalue weighted by Crippen LogP contribution is -2.31. The standard InChI is InChI=1S/C20H18N4O2/c1-15(26-18-9-7-16(13-21)8-10-18)19(25)23-20-22-11-12-24(20)14-17-5-3-2-4-6-17/h2-12,15H,14H2,1H3,(H,22,23,25)/t15-/m0/s1. The minimum atomic E-state index is -0.704. The van der Waals surface area contributed by atoms with Crippen molar-refractivity contribution in [2.45, 2.75) is 19.6 Å². The van der Waals surface area contributed by atoms with Crippen LogP contribution in [0.3, 0.4) is 0 Å². The summed E-state index contributed by atoms with van der Waals surface area (Å²) in [6, 6.07) is 18.6. The Labute approximate surface area is 151 Å². The number of anilines is 1. The first-order valence-electron chi connectivity index (χ1n) is 8.18.